The first-order valence-corrected chi connectivity index (χ1v) is 8.03. The van der Waals surface area contributed by atoms with E-state index >= 15 is 0 Å². The molecule has 0 saturated carbocycles. The highest BCUT2D eigenvalue weighted by atomic mass is 19.3. The lowest BCUT2D eigenvalue weighted by atomic mass is 10.0. The Bertz CT molecular complexity index is 681. The second-order valence-corrected chi connectivity index (χ2v) is 6.60. The average Bonchev–Trinajstić information content (AvgIpc) is 2.91. The molecule has 1 aromatic heterocycles. The summed E-state index contributed by atoms with van der Waals surface area (Å²) in [5.41, 5.74) is 0.162. The van der Waals surface area contributed by atoms with Crippen LogP contribution in [0.3, 0.4) is 0 Å². The Morgan fingerprint density at radius 2 is 1.92 bits per heavy atom. The van der Waals surface area contributed by atoms with Crippen molar-refractivity contribution in [2.24, 2.45) is 7.05 Å². The van der Waals surface area contributed by atoms with Crippen molar-refractivity contribution in [3.05, 3.63) is 34.2 Å². The van der Waals surface area contributed by atoms with E-state index < -0.39 is 12.0 Å². The van der Waals surface area contributed by atoms with Gasteiger partial charge in [-0.2, -0.15) is 0 Å². The number of amides is 1. The minimum absolute atomic E-state index is 0.166. The Kier molecular flexibility index (Phi) is 4.44. The number of aromatic nitrogens is 1. The molecule has 2 fully saturated rings. The Labute approximate surface area is 138 Å². The van der Waals surface area contributed by atoms with E-state index in [4.69, 9.17) is 0 Å². The number of nitrogens with zero attached hydrogens (tertiary/aromatic N) is 3. The van der Waals surface area contributed by atoms with E-state index in [0.29, 0.717) is 12.1 Å². The minimum Gasteiger partial charge on any atom is -0.390 e. The van der Waals surface area contributed by atoms with Crippen LogP contribution in [0.2, 0.25) is 0 Å². The van der Waals surface area contributed by atoms with E-state index in [-0.39, 0.29) is 50.0 Å². The molecular weight excluding hydrogens is 320 g/mol. The summed E-state index contributed by atoms with van der Waals surface area (Å²) in [7, 11) is 1.56. The van der Waals surface area contributed by atoms with E-state index in [9.17, 15) is 23.5 Å². The van der Waals surface area contributed by atoms with E-state index in [1.807, 2.05) is 4.90 Å². The number of aliphatic hydroxyl groups is 1. The standard InChI is InChI=1S/C16H21F2N3O3/c1-19-8-11(2-3-14(19)23)15(24)21-9-12(13(22)10-21)20-6-4-16(17,18)5-7-20/h2-3,8,12-13,22H,4-7,9-10H2,1H3/t12-,13-/m1/s1. The van der Waals surface area contributed by atoms with Crippen LogP contribution in [0.4, 0.5) is 8.78 Å². The Hall–Kier alpha value is -1.80. The van der Waals surface area contributed by atoms with Crippen molar-refractivity contribution in [2.45, 2.75) is 30.9 Å². The van der Waals surface area contributed by atoms with Crippen LogP contribution in [0.15, 0.2) is 23.1 Å². The van der Waals surface area contributed by atoms with Gasteiger partial charge in [-0.15, -0.1) is 0 Å². The van der Waals surface area contributed by atoms with Gasteiger partial charge < -0.3 is 14.6 Å². The topological polar surface area (TPSA) is 65.8 Å². The third kappa shape index (κ3) is 3.34. The van der Waals surface area contributed by atoms with Crippen LogP contribution in [0.1, 0.15) is 23.2 Å². The van der Waals surface area contributed by atoms with Gasteiger partial charge in [0.2, 0.25) is 5.56 Å². The molecule has 2 atom stereocenters. The second kappa shape index (κ2) is 6.25. The van der Waals surface area contributed by atoms with Crippen LogP contribution in [0.5, 0.6) is 0 Å². The van der Waals surface area contributed by atoms with Crippen LogP contribution in [-0.4, -0.2) is 69.6 Å². The molecular formula is C16H21F2N3O3. The lowest BCUT2D eigenvalue weighted by molar-refractivity contribution is -0.0697. The normalized spacial score (nSPS) is 27.4. The van der Waals surface area contributed by atoms with Crippen molar-refractivity contribution in [1.29, 1.82) is 0 Å². The van der Waals surface area contributed by atoms with Gasteiger partial charge >= 0.3 is 0 Å². The fraction of sp³-hybridized carbons (Fsp3) is 0.625. The summed E-state index contributed by atoms with van der Waals surface area (Å²) < 4.78 is 27.9. The van der Waals surface area contributed by atoms with E-state index in [1.54, 1.807) is 7.05 Å². The highest BCUT2D eigenvalue weighted by Gasteiger charge is 2.42. The smallest absolute Gasteiger partial charge is 0.255 e. The largest absolute Gasteiger partial charge is 0.390 e. The minimum atomic E-state index is -2.63. The zero-order chi connectivity index (χ0) is 17.5. The lowest BCUT2D eigenvalue weighted by Gasteiger charge is -2.36. The first-order valence-electron chi connectivity index (χ1n) is 8.03. The number of hydrogen-bond acceptors (Lipinski definition) is 4. The molecule has 1 N–H and O–H groups in total. The molecule has 2 aliphatic heterocycles. The number of halogens is 2. The lowest BCUT2D eigenvalue weighted by Crippen LogP contribution is -2.49. The summed E-state index contributed by atoms with van der Waals surface area (Å²) in [6, 6.07) is 2.47. The van der Waals surface area contributed by atoms with Gasteiger partial charge in [-0.05, 0) is 6.07 Å². The summed E-state index contributed by atoms with van der Waals surface area (Å²) in [5.74, 6) is -2.90. The van der Waals surface area contributed by atoms with Crippen LogP contribution in [0, 0.1) is 0 Å². The average molecular weight is 341 g/mol. The fourth-order valence-corrected chi connectivity index (χ4v) is 3.38. The van der Waals surface area contributed by atoms with Gasteiger partial charge in [-0.3, -0.25) is 14.5 Å². The molecule has 2 saturated heterocycles. The number of carbonyl (C=O) groups is 1. The number of aliphatic hydroxyl groups excluding tert-OH is 1. The van der Waals surface area contributed by atoms with Crippen LogP contribution in [-0.2, 0) is 7.05 Å². The molecule has 0 unspecified atom stereocenters. The van der Waals surface area contributed by atoms with Crippen molar-refractivity contribution in [3.8, 4) is 0 Å². The molecule has 8 heteroatoms. The van der Waals surface area contributed by atoms with Gasteiger partial charge in [0.25, 0.3) is 11.8 Å². The van der Waals surface area contributed by atoms with Crippen LogP contribution < -0.4 is 5.56 Å². The van der Waals surface area contributed by atoms with Gasteiger partial charge in [-0.1, -0.05) is 0 Å². The zero-order valence-corrected chi connectivity index (χ0v) is 13.5. The molecule has 1 amide bonds. The maximum absolute atomic E-state index is 13.3. The summed E-state index contributed by atoms with van der Waals surface area (Å²) in [6.07, 6.45) is 0.273. The maximum Gasteiger partial charge on any atom is 0.255 e. The molecule has 0 radical (unpaired) electrons. The van der Waals surface area contributed by atoms with Gasteiger partial charge in [0, 0.05) is 58.3 Å². The molecule has 3 rings (SSSR count). The predicted molar refractivity (Wildman–Crippen MR) is 83.1 cm³/mol. The van der Waals surface area contributed by atoms with Gasteiger partial charge in [0.05, 0.1) is 17.7 Å². The highest BCUT2D eigenvalue weighted by molar-refractivity contribution is 5.94. The highest BCUT2D eigenvalue weighted by Crippen LogP contribution is 2.30. The summed E-state index contributed by atoms with van der Waals surface area (Å²) in [6.45, 7) is 0.904. The Morgan fingerprint density at radius 3 is 2.54 bits per heavy atom. The Balaban J connectivity index is 1.68. The number of β-amino-alcohol motifs (C(OH)–C–C–N with tert-alkyl or cyclic N) is 1. The van der Waals surface area contributed by atoms with Gasteiger partial charge in [0.1, 0.15) is 0 Å². The van der Waals surface area contributed by atoms with Gasteiger partial charge in [0.15, 0.2) is 0 Å². The molecule has 0 bridgehead atoms. The number of piperidine rings is 1. The van der Waals surface area contributed by atoms with Crippen molar-refractivity contribution in [1.82, 2.24) is 14.4 Å². The number of alkyl halides is 2. The predicted octanol–water partition coefficient (Wildman–Crippen LogP) is 0.302. The first-order chi connectivity index (χ1) is 11.3. The third-order valence-electron chi connectivity index (χ3n) is 4.88. The fourth-order valence-electron chi connectivity index (χ4n) is 3.38. The molecule has 1 aromatic rings. The van der Waals surface area contributed by atoms with Crippen molar-refractivity contribution in [3.63, 3.8) is 0 Å². The van der Waals surface area contributed by atoms with E-state index in [1.165, 1.54) is 27.8 Å². The number of hydrogen-bond donors (Lipinski definition) is 1. The second-order valence-electron chi connectivity index (χ2n) is 6.60. The SMILES string of the molecule is Cn1cc(C(=O)N2C[C@@H](O)[C@H](N3CCC(F)(F)CC3)C2)ccc1=O. The molecule has 132 valence electrons. The number of aryl methyl sites for hydroxylation is 1. The molecule has 0 spiro atoms. The third-order valence-corrected chi connectivity index (χ3v) is 4.88. The summed E-state index contributed by atoms with van der Waals surface area (Å²) in [4.78, 5) is 27.3. The summed E-state index contributed by atoms with van der Waals surface area (Å²) in [5, 5.41) is 10.3. The van der Waals surface area contributed by atoms with Crippen molar-refractivity contribution in [2.75, 3.05) is 26.2 Å². The number of rotatable bonds is 2. The number of carbonyl (C=O) groups excluding carboxylic acids is 1. The molecule has 2 aliphatic rings. The number of pyridine rings is 1. The molecule has 6 nitrogen and oxygen atoms in total. The number of likely N-dealkylation sites (tertiary alicyclic amines) is 2. The zero-order valence-electron chi connectivity index (χ0n) is 13.5. The van der Waals surface area contributed by atoms with Crippen LogP contribution >= 0.6 is 0 Å². The quantitative estimate of drug-likeness (QED) is 0.840. The molecule has 3 heterocycles. The van der Waals surface area contributed by atoms with Crippen molar-refractivity contribution >= 4 is 5.91 Å². The monoisotopic (exact) mass is 341 g/mol. The molecule has 0 aromatic carbocycles. The maximum atomic E-state index is 13.3. The summed E-state index contributed by atoms with van der Waals surface area (Å²) >= 11 is 0. The van der Waals surface area contributed by atoms with E-state index in [2.05, 4.69) is 0 Å². The molecule has 0 aliphatic carbocycles. The van der Waals surface area contributed by atoms with E-state index in [0.717, 1.165) is 0 Å². The van der Waals surface area contributed by atoms with Crippen LogP contribution in [0.25, 0.3) is 0 Å². The Morgan fingerprint density at radius 1 is 1.25 bits per heavy atom. The van der Waals surface area contributed by atoms with Gasteiger partial charge in [-0.25, -0.2) is 8.78 Å². The van der Waals surface area contributed by atoms with Crippen molar-refractivity contribution < 1.29 is 18.7 Å². The molecule has 24 heavy (non-hydrogen) atoms. The first kappa shape index (κ1) is 17.0.